The van der Waals surface area contributed by atoms with Crippen LogP contribution in [0.5, 0.6) is 17.6 Å². The minimum atomic E-state index is -3.90. The van der Waals surface area contributed by atoms with E-state index in [0.29, 0.717) is 22.8 Å². The molecule has 1 heterocycles. The molecule has 0 saturated carbocycles. The van der Waals surface area contributed by atoms with Gasteiger partial charge in [0.15, 0.2) is 5.82 Å². The van der Waals surface area contributed by atoms with Crippen molar-refractivity contribution < 1.29 is 23.0 Å². The Morgan fingerprint density at radius 1 is 1.03 bits per heavy atom. The molecule has 0 unspecified atom stereocenters. The maximum Gasteiger partial charge on any atom is 0.321 e. The number of methoxy groups -OCH3 is 2. The number of phenolic OH excluding ortho intramolecular Hbond substituents is 1. The summed E-state index contributed by atoms with van der Waals surface area (Å²) >= 11 is 5.94. The van der Waals surface area contributed by atoms with Crippen molar-refractivity contribution in [3.8, 4) is 17.6 Å². The van der Waals surface area contributed by atoms with Crippen molar-refractivity contribution >= 4 is 33.1 Å². The Morgan fingerprint density at radius 3 is 2.43 bits per heavy atom. The molecule has 11 heteroatoms. The number of sulfonamides is 1. The smallest absolute Gasteiger partial charge is 0.321 e. The molecule has 3 N–H and O–H groups in total. The molecule has 0 spiro atoms. The van der Waals surface area contributed by atoms with Gasteiger partial charge >= 0.3 is 6.01 Å². The maximum atomic E-state index is 12.7. The summed E-state index contributed by atoms with van der Waals surface area (Å²) in [6, 6.07) is 12.2. The molecule has 0 atom stereocenters. The monoisotopic (exact) mass is 450 g/mol. The Kier molecular flexibility index (Phi) is 6.48. The fourth-order valence-electron chi connectivity index (χ4n) is 2.49. The second-order valence-electron chi connectivity index (χ2n) is 6.04. The molecule has 9 nitrogen and oxygen atoms in total. The zero-order chi connectivity index (χ0) is 21.7. The van der Waals surface area contributed by atoms with Crippen molar-refractivity contribution in [2.75, 3.05) is 24.3 Å². The molecule has 0 radical (unpaired) electrons. The number of aromatic nitrogens is 2. The van der Waals surface area contributed by atoms with Gasteiger partial charge in [-0.2, -0.15) is 9.97 Å². The summed E-state index contributed by atoms with van der Waals surface area (Å²) in [7, 11) is -1.14. The first-order valence-electron chi connectivity index (χ1n) is 8.62. The lowest BCUT2D eigenvalue weighted by Gasteiger charge is -2.11. The van der Waals surface area contributed by atoms with Gasteiger partial charge in [-0.1, -0.05) is 11.6 Å². The minimum Gasteiger partial charge on any atom is -0.508 e. The van der Waals surface area contributed by atoms with Crippen molar-refractivity contribution in [3.63, 3.8) is 0 Å². The predicted molar refractivity (Wildman–Crippen MR) is 113 cm³/mol. The van der Waals surface area contributed by atoms with Crippen molar-refractivity contribution in [1.29, 1.82) is 0 Å². The third kappa shape index (κ3) is 5.22. The third-order valence-electron chi connectivity index (χ3n) is 4.00. The molecule has 0 aliphatic rings. The molecule has 1 aromatic heterocycles. The van der Waals surface area contributed by atoms with Crippen molar-refractivity contribution in [2.24, 2.45) is 0 Å². The van der Waals surface area contributed by atoms with Crippen LogP contribution in [0.25, 0.3) is 0 Å². The van der Waals surface area contributed by atoms with Crippen molar-refractivity contribution in [3.05, 3.63) is 59.1 Å². The molecular formula is C19H19ClN4O5S. The highest BCUT2D eigenvalue weighted by atomic mass is 35.5. The van der Waals surface area contributed by atoms with E-state index in [2.05, 4.69) is 20.0 Å². The number of rotatable bonds is 8. The average molecular weight is 451 g/mol. The van der Waals surface area contributed by atoms with Crippen LogP contribution in [-0.4, -0.2) is 37.7 Å². The van der Waals surface area contributed by atoms with E-state index in [9.17, 15) is 13.5 Å². The Morgan fingerprint density at radius 2 is 1.77 bits per heavy atom. The van der Waals surface area contributed by atoms with Crippen LogP contribution in [0.3, 0.4) is 0 Å². The molecule has 30 heavy (non-hydrogen) atoms. The minimum absolute atomic E-state index is 0.0114. The van der Waals surface area contributed by atoms with Crippen LogP contribution in [0.2, 0.25) is 5.02 Å². The van der Waals surface area contributed by atoms with Gasteiger partial charge in [-0.25, -0.2) is 8.42 Å². The first-order valence-corrected chi connectivity index (χ1v) is 10.5. The number of halogens is 1. The first-order chi connectivity index (χ1) is 14.3. The Hall–Kier alpha value is -3.24. The number of phenols is 1. The van der Waals surface area contributed by atoms with Gasteiger partial charge in [0.25, 0.3) is 10.0 Å². The number of hydrogen-bond acceptors (Lipinski definition) is 8. The zero-order valence-corrected chi connectivity index (χ0v) is 17.7. The normalized spacial score (nSPS) is 11.0. The molecule has 3 rings (SSSR count). The van der Waals surface area contributed by atoms with Gasteiger partial charge in [0.2, 0.25) is 5.88 Å². The molecule has 0 saturated heterocycles. The lowest BCUT2D eigenvalue weighted by molar-refractivity contribution is 0.353. The predicted octanol–water partition coefficient (Wildman–Crippen LogP) is 3.27. The highest BCUT2D eigenvalue weighted by Crippen LogP contribution is 2.24. The van der Waals surface area contributed by atoms with Crippen LogP contribution in [0.1, 0.15) is 5.56 Å². The maximum absolute atomic E-state index is 12.7. The van der Waals surface area contributed by atoms with Crippen molar-refractivity contribution in [1.82, 2.24) is 9.97 Å². The summed E-state index contributed by atoms with van der Waals surface area (Å²) < 4.78 is 37.6. The zero-order valence-electron chi connectivity index (χ0n) is 16.1. The molecule has 0 amide bonds. The summed E-state index contributed by atoms with van der Waals surface area (Å²) in [5.41, 5.74) is 1.28. The Balaban J connectivity index is 1.72. The van der Waals surface area contributed by atoms with E-state index in [1.165, 1.54) is 38.5 Å². The Bertz CT molecular complexity index is 1120. The van der Waals surface area contributed by atoms with E-state index in [4.69, 9.17) is 21.1 Å². The average Bonchev–Trinajstić information content (AvgIpc) is 2.74. The number of hydrogen-bond donors (Lipinski definition) is 3. The topological polar surface area (TPSA) is 123 Å². The number of ether oxygens (including phenoxy) is 2. The number of anilines is 2. The van der Waals surface area contributed by atoms with E-state index in [-0.39, 0.29) is 28.4 Å². The van der Waals surface area contributed by atoms with Crippen LogP contribution in [0.15, 0.2) is 53.4 Å². The van der Waals surface area contributed by atoms with Gasteiger partial charge in [-0.15, -0.1) is 0 Å². The van der Waals surface area contributed by atoms with E-state index >= 15 is 0 Å². The molecule has 0 aliphatic heterocycles. The highest BCUT2D eigenvalue weighted by molar-refractivity contribution is 7.92. The standard InChI is InChI=1S/C19H19ClN4O5S/c1-28-18-10-17(22-19(23-18)29-2)24-30(26,27)15-6-4-14(5-7-15)21-11-12-9-13(20)3-8-16(12)25/h3-10,21,25H,11H2,1-2H3,(H,22,23,24). The molecular weight excluding hydrogens is 432 g/mol. The number of aromatic hydroxyl groups is 1. The fourth-order valence-corrected chi connectivity index (χ4v) is 3.68. The van der Waals surface area contributed by atoms with Crippen LogP contribution in [-0.2, 0) is 16.6 Å². The Labute approximate surface area is 178 Å². The van der Waals surface area contributed by atoms with E-state index in [1.807, 2.05) is 0 Å². The molecule has 2 aromatic carbocycles. The highest BCUT2D eigenvalue weighted by Gasteiger charge is 2.17. The largest absolute Gasteiger partial charge is 0.508 e. The second-order valence-corrected chi connectivity index (χ2v) is 8.16. The second kappa shape index (κ2) is 9.06. The molecule has 0 bridgehead atoms. The van der Waals surface area contributed by atoms with Gasteiger partial charge in [-0.3, -0.25) is 4.72 Å². The lowest BCUT2D eigenvalue weighted by Crippen LogP contribution is -2.14. The summed E-state index contributed by atoms with van der Waals surface area (Å²) in [5.74, 6) is 0.284. The van der Waals surface area contributed by atoms with Gasteiger partial charge < -0.3 is 19.9 Å². The van der Waals surface area contributed by atoms with Gasteiger partial charge in [-0.05, 0) is 42.5 Å². The summed E-state index contributed by atoms with van der Waals surface area (Å²) in [6.07, 6.45) is 0. The summed E-state index contributed by atoms with van der Waals surface area (Å²) in [5, 5.41) is 13.5. The van der Waals surface area contributed by atoms with E-state index in [1.54, 1.807) is 24.3 Å². The third-order valence-corrected chi connectivity index (χ3v) is 5.61. The molecule has 3 aromatic rings. The molecule has 0 fully saturated rings. The molecule has 0 aliphatic carbocycles. The van der Waals surface area contributed by atoms with E-state index in [0.717, 1.165) is 0 Å². The molecule has 158 valence electrons. The number of benzene rings is 2. The fraction of sp³-hybridized carbons (Fsp3) is 0.158. The number of nitrogens with one attached hydrogen (secondary N) is 2. The van der Waals surface area contributed by atoms with Crippen LogP contribution < -0.4 is 19.5 Å². The van der Waals surface area contributed by atoms with Crippen LogP contribution in [0.4, 0.5) is 11.5 Å². The number of nitrogens with zero attached hydrogens (tertiary/aromatic N) is 2. The van der Waals surface area contributed by atoms with E-state index < -0.39 is 10.0 Å². The first kappa shape index (κ1) is 21.5. The summed E-state index contributed by atoms with van der Waals surface area (Å²) in [4.78, 5) is 7.91. The SMILES string of the molecule is COc1cc(NS(=O)(=O)c2ccc(NCc3cc(Cl)ccc3O)cc2)nc(OC)n1. The van der Waals surface area contributed by atoms with Gasteiger partial charge in [0, 0.05) is 28.9 Å². The van der Waals surface area contributed by atoms with Crippen LogP contribution in [0, 0.1) is 0 Å². The van der Waals surface area contributed by atoms with Crippen LogP contribution >= 0.6 is 11.6 Å². The van der Waals surface area contributed by atoms with Gasteiger partial charge in [0.05, 0.1) is 19.1 Å². The van der Waals surface area contributed by atoms with Crippen molar-refractivity contribution in [2.45, 2.75) is 11.4 Å². The lowest BCUT2D eigenvalue weighted by atomic mass is 10.2. The van der Waals surface area contributed by atoms with Gasteiger partial charge in [0.1, 0.15) is 5.75 Å². The quantitative estimate of drug-likeness (QED) is 0.478. The summed E-state index contributed by atoms with van der Waals surface area (Å²) in [6.45, 7) is 0.317.